The Labute approximate surface area is 153 Å². The first-order valence-corrected chi connectivity index (χ1v) is 8.73. The molecule has 3 rings (SSSR count). The lowest BCUT2D eigenvalue weighted by molar-refractivity contribution is -0.132. The van der Waals surface area contributed by atoms with Crippen LogP contribution in [0.3, 0.4) is 0 Å². The van der Waals surface area contributed by atoms with Crippen molar-refractivity contribution in [1.29, 1.82) is 0 Å². The predicted octanol–water partition coefficient (Wildman–Crippen LogP) is 2.09. The first-order chi connectivity index (χ1) is 12.4. The molecule has 1 fully saturated rings. The SMILES string of the molecule is Cc1nn(-c2ccccc2F)c(C)c1[C@H]1COCCN1CC(=O)N(C)C. The number of halogens is 1. The minimum Gasteiger partial charge on any atom is -0.378 e. The van der Waals surface area contributed by atoms with Crippen LogP contribution in [-0.4, -0.2) is 65.9 Å². The number of hydrogen-bond donors (Lipinski definition) is 0. The lowest BCUT2D eigenvalue weighted by Gasteiger charge is -2.36. The number of carbonyl (C=O) groups is 1. The summed E-state index contributed by atoms with van der Waals surface area (Å²) in [5, 5.41) is 4.56. The van der Waals surface area contributed by atoms with Crippen molar-refractivity contribution < 1.29 is 13.9 Å². The van der Waals surface area contributed by atoms with E-state index in [9.17, 15) is 9.18 Å². The molecule has 0 saturated carbocycles. The van der Waals surface area contributed by atoms with Crippen molar-refractivity contribution >= 4 is 5.91 Å². The van der Waals surface area contributed by atoms with Gasteiger partial charge in [-0.15, -0.1) is 0 Å². The average Bonchev–Trinajstić information content (AvgIpc) is 2.90. The molecule has 1 aliphatic heterocycles. The summed E-state index contributed by atoms with van der Waals surface area (Å²) in [5.41, 5.74) is 3.11. The van der Waals surface area contributed by atoms with Gasteiger partial charge in [-0.05, 0) is 26.0 Å². The third kappa shape index (κ3) is 3.50. The van der Waals surface area contributed by atoms with Crippen LogP contribution in [0.5, 0.6) is 0 Å². The van der Waals surface area contributed by atoms with Crippen molar-refractivity contribution in [3.63, 3.8) is 0 Å². The third-order valence-corrected chi connectivity index (χ3v) is 4.84. The van der Waals surface area contributed by atoms with Gasteiger partial charge in [0, 0.05) is 31.9 Å². The summed E-state index contributed by atoms with van der Waals surface area (Å²) >= 11 is 0. The minimum atomic E-state index is -0.316. The predicted molar refractivity (Wildman–Crippen MR) is 96.8 cm³/mol. The van der Waals surface area contributed by atoms with E-state index >= 15 is 0 Å². The molecule has 1 saturated heterocycles. The molecular weight excluding hydrogens is 335 g/mol. The average molecular weight is 360 g/mol. The number of rotatable bonds is 4. The first-order valence-electron chi connectivity index (χ1n) is 8.73. The molecule has 7 heteroatoms. The summed E-state index contributed by atoms with van der Waals surface area (Å²) in [4.78, 5) is 15.9. The van der Waals surface area contributed by atoms with Gasteiger partial charge in [0.15, 0.2) is 0 Å². The van der Waals surface area contributed by atoms with E-state index < -0.39 is 0 Å². The van der Waals surface area contributed by atoms with Gasteiger partial charge < -0.3 is 9.64 Å². The first kappa shape index (κ1) is 18.5. The summed E-state index contributed by atoms with van der Waals surface area (Å²) < 4.78 is 21.5. The lowest BCUT2D eigenvalue weighted by Crippen LogP contribution is -2.45. The Morgan fingerprint density at radius 2 is 2.08 bits per heavy atom. The number of amides is 1. The molecule has 140 valence electrons. The third-order valence-electron chi connectivity index (χ3n) is 4.84. The van der Waals surface area contributed by atoms with Crippen LogP contribution in [0.2, 0.25) is 0 Å². The van der Waals surface area contributed by atoms with Crippen LogP contribution in [0.1, 0.15) is 23.0 Å². The van der Waals surface area contributed by atoms with Crippen LogP contribution in [0.15, 0.2) is 24.3 Å². The topological polar surface area (TPSA) is 50.6 Å². The molecule has 1 aromatic carbocycles. The summed E-state index contributed by atoms with van der Waals surface area (Å²) in [6, 6.07) is 6.52. The fraction of sp³-hybridized carbons (Fsp3) is 0.474. The molecule has 2 heterocycles. The highest BCUT2D eigenvalue weighted by Crippen LogP contribution is 2.31. The number of morpholine rings is 1. The monoisotopic (exact) mass is 360 g/mol. The number of nitrogens with zero attached hydrogens (tertiary/aromatic N) is 4. The number of likely N-dealkylation sites (N-methyl/N-ethyl adjacent to an activating group) is 1. The Morgan fingerprint density at radius 1 is 1.35 bits per heavy atom. The van der Waals surface area contributed by atoms with Crippen LogP contribution < -0.4 is 0 Å². The zero-order valence-electron chi connectivity index (χ0n) is 15.7. The maximum Gasteiger partial charge on any atom is 0.236 e. The second-order valence-corrected chi connectivity index (χ2v) is 6.80. The fourth-order valence-electron chi connectivity index (χ4n) is 3.40. The van der Waals surface area contributed by atoms with E-state index in [-0.39, 0.29) is 17.8 Å². The van der Waals surface area contributed by atoms with Gasteiger partial charge >= 0.3 is 0 Å². The van der Waals surface area contributed by atoms with Gasteiger partial charge in [-0.3, -0.25) is 9.69 Å². The van der Waals surface area contributed by atoms with Gasteiger partial charge in [-0.2, -0.15) is 5.10 Å². The minimum absolute atomic E-state index is 0.0497. The van der Waals surface area contributed by atoms with Gasteiger partial charge in [0.1, 0.15) is 11.5 Å². The molecule has 0 bridgehead atoms. The summed E-state index contributed by atoms with van der Waals surface area (Å²) in [7, 11) is 3.51. The Hall–Kier alpha value is -2.25. The molecule has 0 unspecified atom stereocenters. The molecule has 0 N–H and O–H groups in total. The smallest absolute Gasteiger partial charge is 0.236 e. The molecule has 26 heavy (non-hydrogen) atoms. The van der Waals surface area contributed by atoms with Gasteiger partial charge in [0.25, 0.3) is 0 Å². The number of aryl methyl sites for hydroxylation is 1. The van der Waals surface area contributed by atoms with Crippen molar-refractivity contribution in [3.8, 4) is 5.69 Å². The van der Waals surface area contributed by atoms with Gasteiger partial charge in [-0.25, -0.2) is 9.07 Å². The molecule has 2 aromatic rings. The van der Waals surface area contributed by atoms with Crippen molar-refractivity contribution in [2.24, 2.45) is 0 Å². The Morgan fingerprint density at radius 3 is 2.77 bits per heavy atom. The fourth-order valence-corrected chi connectivity index (χ4v) is 3.40. The van der Waals surface area contributed by atoms with Gasteiger partial charge in [0.05, 0.1) is 31.5 Å². The van der Waals surface area contributed by atoms with E-state index in [2.05, 4.69) is 10.00 Å². The van der Waals surface area contributed by atoms with E-state index in [0.717, 1.165) is 17.0 Å². The van der Waals surface area contributed by atoms with E-state index in [1.165, 1.54) is 6.07 Å². The van der Waals surface area contributed by atoms with Crippen LogP contribution in [0, 0.1) is 19.7 Å². The molecule has 1 amide bonds. The molecule has 0 aliphatic carbocycles. The maximum absolute atomic E-state index is 14.2. The zero-order valence-corrected chi connectivity index (χ0v) is 15.7. The zero-order chi connectivity index (χ0) is 18.8. The van der Waals surface area contributed by atoms with E-state index in [1.54, 1.807) is 41.9 Å². The molecule has 6 nitrogen and oxygen atoms in total. The van der Waals surface area contributed by atoms with Crippen molar-refractivity contribution in [3.05, 3.63) is 47.0 Å². The van der Waals surface area contributed by atoms with Gasteiger partial charge in [-0.1, -0.05) is 12.1 Å². The van der Waals surface area contributed by atoms with E-state index in [4.69, 9.17) is 4.74 Å². The van der Waals surface area contributed by atoms with Crippen LogP contribution in [-0.2, 0) is 9.53 Å². The van der Waals surface area contributed by atoms with Crippen molar-refractivity contribution in [2.45, 2.75) is 19.9 Å². The number of carbonyl (C=O) groups excluding carboxylic acids is 1. The molecule has 0 radical (unpaired) electrons. The molecule has 0 spiro atoms. The number of hydrogen-bond acceptors (Lipinski definition) is 4. The van der Waals surface area contributed by atoms with Crippen LogP contribution in [0.4, 0.5) is 4.39 Å². The number of para-hydroxylation sites is 1. The normalized spacial score (nSPS) is 18.1. The lowest BCUT2D eigenvalue weighted by atomic mass is 10.0. The Bertz CT molecular complexity index is 803. The second kappa shape index (κ2) is 7.55. The van der Waals surface area contributed by atoms with Gasteiger partial charge in [0.2, 0.25) is 5.91 Å². The van der Waals surface area contributed by atoms with Crippen molar-refractivity contribution in [1.82, 2.24) is 19.6 Å². The van der Waals surface area contributed by atoms with Crippen LogP contribution in [0.25, 0.3) is 5.69 Å². The highest BCUT2D eigenvalue weighted by molar-refractivity contribution is 5.77. The molecular formula is C19H25FN4O2. The Balaban J connectivity index is 1.97. The standard InChI is InChI=1S/C19H25FN4O2/c1-13-19(14(2)24(21-13)16-8-6-5-7-15(16)20)17-12-26-10-9-23(17)11-18(25)22(3)4/h5-8,17H,9-12H2,1-4H3/t17-/m1/s1. The van der Waals surface area contributed by atoms with Crippen molar-refractivity contribution in [2.75, 3.05) is 40.4 Å². The number of aromatic nitrogens is 2. The molecule has 1 atom stereocenters. The largest absolute Gasteiger partial charge is 0.378 e. The highest BCUT2D eigenvalue weighted by Gasteiger charge is 2.31. The quantitative estimate of drug-likeness (QED) is 0.838. The number of benzene rings is 1. The van der Waals surface area contributed by atoms with Crippen LogP contribution >= 0.6 is 0 Å². The number of ether oxygens (including phenoxy) is 1. The van der Waals surface area contributed by atoms with E-state index in [0.29, 0.717) is 32.0 Å². The summed E-state index contributed by atoms with van der Waals surface area (Å²) in [6.07, 6.45) is 0. The summed E-state index contributed by atoms with van der Waals surface area (Å²) in [5.74, 6) is -0.266. The highest BCUT2D eigenvalue weighted by atomic mass is 19.1. The molecule has 1 aromatic heterocycles. The second-order valence-electron chi connectivity index (χ2n) is 6.80. The maximum atomic E-state index is 14.2. The summed E-state index contributed by atoms with van der Waals surface area (Å²) in [6.45, 7) is 5.93. The Kier molecular flexibility index (Phi) is 5.38. The van der Waals surface area contributed by atoms with E-state index in [1.807, 2.05) is 13.8 Å². The molecule has 1 aliphatic rings.